The number of carbonyl (C=O) groups is 2. The molecule has 3 aliphatic heterocycles. The molecule has 2 saturated heterocycles. The van der Waals surface area contributed by atoms with Crippen molar-refractivity contribution in [1.29, 1.82) is 0 Å². The summed E-state index contributed by atoms with van der Waals surface area (Å²) >= 11 is 6.28. The molecule has 5 heterocycles. The van der Waals surface area contributed by atoms with E-state index >= 15 is 0 Å². The molecule has 21 heteroatoms. The largest absolute Gasteiger partial charge is 0.474 e. The van der Waals surface area contributed by atoms with Gasteiger partial charge in [-0.05, 0) is 78.3 Å². The Hall–Kier alpha value is -5.82. The van der Waals surface area contributed by atoms with Gasteiger partial charge in [-0.3, -0.25) is 9.69 Å². The summed E-state index contributed by atoms with van der Waals surface area (Å²) in [6.07, 6.45) is 6.87. The maximum Gasteiger partial charge on any atom is 0.240 e. The maximum atomic E-state index is 14.4. The number of H-pyrrole nitrogens is 1. The number of nitrogens with zero attached hydrogens (tertiary/aromatic N) is 5. The number of nitro groups is 1. The molecule has 9 rings (SSSR count). The molecule has 4 N–H and O–H groups in total. The molecule has 0 spiro atoms. The van der Waals surface area contributed by atoms with E-state index in [1.807, 2.05) is 41.3 Å². The van der Waals surface area contributed by atoms with Crippen LogP contribution in [0.15, 0.2) is 89.5 Å². The van der Waals surface area contributed by atoms with E-state index in [9.17, 15) is 33.0 Å². The van der Waals surface area contributed by atoms with Gasteiger partial charge in [-0.15, -0.1) is 0 Å². The number of hydrogen-bond acceptors (Lipinski definition) is 15. The number of anilines is 4. The summed E-state index contributed by atoms with van der Waals surface area (Å²) in [6.45, 7) is 14.4. The van der Waals surface area contributed by atoms with Crippen LogP contribution in [-0.2, 0) is 24.1 Å². The van der Waals surface area contributed by atoms with Crippen molar-refractivity contribution in [2.24, 2.45) is 16.7 Å². The zero-order valence-corrected chi connectivity index (χ0v) is 45.1. The van der Waals surface area contributed by atoms with Crippen molar-refractivity contribution >= 4 is 86.3 Å². The Morgan fingerprint density at radius 3 is 2.46 bits per heavy atom. The molecule has 3 aromatic carbocycles. The number of piperazine rings is 1. The molecule has 1 aliphatic carbocycles. The molecule has 18 nitrogen and oxygen atoms in total. The fraction of sp³-hybridized carbons (Fsp3) is 0.453. The minimum absolute atomic E-state index is 0.0335. The van der Waals surface area contributed by atoms with E-state index in [0.29, 0.717) is 61.2 Å². The van der Waals surface area contributed by atoms with Crippen LogP contribution in [0.2, 0.25) is 5.02 Å². The van der Waals surface area contributed by atoms with Gasteiger partial charge < -0.3 is 19.5 Å². The van der Waals surface area contributed by atoms with Gasteiger partial charge in [-0.1, -0.05) is 43.2 Å². The summed E-state index contributed by atoms with van der Waals surface area (Å²) < 4.78 is 47.2. The third kappa shape index (κ3) is 12.1. The predicted molar refractivity (Wildman–Crippen MR) is 290 cm³/mol. The molecular weight excluding hydrogens is 1010 g/mol. The first-order valence-electron chi connectivity index (χ1n) is 25.2. The smallest absolute Gasteiger partial charge is 0.240 e. The van der Waals surface area contributed by atoms with Crippen LogP contribution in [0.3, 0.4) is 0 Å². The molecule has 0 radical (unpaired) electrons. The number of nitrogens with one attached hydrogen (secondary N) is 3. The Balaban J connectivity index is 0.907. The average Bonchev–Trinajstić information content (AvgIpc) is 3.83. The predicted octanol–water partition coefficient (Wildman–Crippen LogP) is 9.52. The minimum Gasteiger partial charge on any atom is -0.474 e. The Morgan fingerprint density at radius 1 is 1.00 bits per heavy atom. The van der Waals surface area contributed by atoms with E-state index in [1.165, 1.54) is 28.8 Å². The Labute approximate surface area is 437 Å². The van der Waals surface area contributed by atoms with Gasteiger partial charge in [-0.2, -0.15) is 4.98 Å². The van der Waals surface area contributed by atoms with Crippen LogP contribution in [-0.4, -0.2) is 117 Å². The monoisotopic (exact) mass is 1070 g/mol. The average molecular weight is 1070 g/mol. The van der Waals surface area contributed by atoms with Crippen molar-refractivity contribution in [2.45, 2.75) is 71.6 Å². The molecular formula is C53H66ClN8O10PS. The summed E-state index contributed by atoms with van der Waals surface area (Å²) in [6, 6.07) is 20.8. The molecule has 0 saturated carbocycles. The number of hydrogen-bond donors (Lipinski definition) is 4. The number of sulfonamides is 1. The standard InChI is InChI=1S/C53H66ClN8O10PS/c1-52(2,3)51(64)71-34-72-73(67)26-16-35(17-27-73)32-56-44-13-11-41(30-46(44)62(65)66)74(68,69)58-49(63)42-12-10-40(29-45(42)61-24-25-70-50-47(61)28-37-15-19-55-48(37)57-50)60-22-20-59(21-23-60)33-38-14-18-53(4,5)31-43(38)36-6-8-39(54)9-7-36/h6-13,15,19,28-30,35,56,67,73H,14,16-18,20-27,31-34H2,1-5H3,(H,55,57)(H,58,63). The number of aromatic nitrogens is 2. The van der Waals surface area contributed by atoms with Gasteiger partial charge in [0.25, 0.3) is 0 Å². The molecule has 4 aliphatic rings. The number of pyridine rings is 1. The number of aromatic amines is 1. The van der Waals surface area contributed by atoms with Crippen LogP contribution >= 0.6 is 19.3 Å². The molecule has 0 unspecified atom stereocenters. The van der Waals surface area contributed by atoms with Crippen molar-refractivity contribution in [1.82, 2.24) is 19.6 Å². The summed E-state index contributed by atoms with van der Waals surface area (Å²) in [5, 5.41) is 17.1. The van der Waals surface area contributed by atoms with E-state index in [2.05, 4.69) is 50.8 Å². The van der Waals surface area contributed by atoms with Gasteiger partial charge in [0.2, 0.25) is 5.88 Å². The number of nitro benzene ring substituents is 1. The van der Waals surface area contributed by atoms with Gasteiger partial charge in [0, 0.05) is 55.0 Å². The summed E-state index contributed by atoms with van der Waals surface area (Å²) in [5.41, 5.74) is 5.86. The fourth-order valence-electron chi connectivity index (χ4n) is 10.2. The summed E-state index contributed by atoms with van der Waals surface area (Å²) in [7, 11) is -7.76. The molecule has 2 fully saturated rings. The van der Waals surface area contributed by atoms with Crippen molar-refractivity contribution in [3.63, 3.8) is 0 Å². The second-order valence-corrected chi connectivity index (χ2v) is 27.0. The first kappa shape index (κ1) is 53.0. The van der Waals surface area contributed by atoms with E-state index in [0.717, 1.165) is 74.1 Å². The number of carbonyl (C=O) groups excluding carboxylic acids is 2. The van der Waals surface area contributed by atoms with Crippen molar-refractivity contribution in [3.8, 4) is 5.88 Å². The van der Waals surface area contributed by atoms with E-state index in [1.54, 1.807) is 33.0 Å². The summed E-state index contributed by atoms with van der Waals surface area (Å²) in [4.78, 5) is 63.4. The van der Waals surface area contributed by atoms with Crippen LogP contribution in [0.5, 0.6) is 5.88 Å². The number of halogens is 1. The van der Waals surface area contributed by atoms with E-state index in [4.69, 9.17) is 30.6 Å². The number of fused-ring (bicyclic) bond motifs is 2. The molecule has 0 atom stereocenters. The number of rotatable bonds is 15. The normalized spacial score (nSPS) is 19.6. The Kier molecular flexibility index (Phi) is 15.4. The van der Waals surface area contributed by atoms with Crippen LogP contribution in [0.25, 0.3) is 16.6 Å². The van der Waals surface area contributed by atoms with E-state index in [-0.39, 0.29) is 36.0 Å². The van der Waals surface area contributed by atoms with Crippen molar-refractivity contribution in [3.05, 3.63) is 111 Å². The molecule has 74 heavy (non-hydrogen) atoms. The number of amides is 1. The van der Waals surface area contributed by atoms with Crippen molar-refractivity contribution in [2.75, 3.05) is 86.7 Å². The third-order valence-corrected chi connectivity index (χ3v) is 19.0. The van der Waals surface area contributed by atoms with Crippen LogP contribution < -0.4 is 24.6 Å². The quantitative estimate of drug-likeness (QED) is 0.0252. The second kappa shape index (κ2) is 21.4. The van der Waals surface area contributed by atoms with Crippen LogP contribution in [0.1, 0.15) is 82.6 Å². The number of ether oxygens (including phenoxy) is 2. The topological polar surface area (TPSA) is 222 Å². The molecule has 5 aromatic rings. The Bertz CT molecular complexity index is 3070. The van der Waals surface area contributed by atoms with Gasteiger partial charge in [0.05, 0.1) is 17.8 Å². The number of esters is 1. The van der Waals surface area contributed by atoms with Crippen LogP contribution in [0, 0.1) is 26.9 Å². The van der Waals surface area contributed by atoms with Crippen LogP contribution in [0.4, 0.5) is 28.4 Å². The zero-order chi connectivity index (χ0) is 52.6. The van der Waals surface area contributed by atoms with E-state index < -0.39 is 50.5 Å². The first-order chi connectivity index (χ1) is 35.1. The molecule has 1 amide bonds. The Morgan fingerprint density at radius 2 is 1.74 bits per heavy atom. The minimum atomic E-state index is -4.64. The number of benzene rings is 3. The fourth-order valence-corrected chi connectivity index (χ4v) is 13.9. The van der Waals surface area contributed by atoms with Gasteiger partial charge in [-0.25, -0.2) is 0 Å². The molecule has 396 valence electrons. The number of allylic oxidation sites excluding steroid dienone is 1. The first-order valence-corrected chi connectivity index (χ1v) is 29.4. The third-order valence-electron chi connectivity index (χ3n) is 14.7. The van der Waals surface area contributed by atoms with Gasteiger partial charge in [0.15, 0.2) is 0 Å². The van der Waals surface area contributed by atoms with Crippen molar-refractivity contribution < 1.29 is 41.8 Å². The summed E-state index contributed by atoms with van der Waals surface area (Å²) in [5.74, 6) is -0.949. The van der Waals surface area contributed by atoms with Gasteiger partial charge >= 0.3 is 187 Å². The zero-order valence-electron chi connectivity index (χ0n) is 42.5. The molecule has 0 bridgehead atoms. The van der Waals surface area contributed by atoms with Gasteiger partial charge in [0.1, 0.15) is 17.9 Å². The maximum absolute atomic E-state index is 14.4. The molecule has 2 aromatic heterocycles. The SMILES string of the molecule is CC1(C)CCC(CN2CCN(c3ccc(C(=O)NS(=O)(=O)c4ccc(NCC5CC[PH](O)(OCOC(=O)C(C)(C)C)CC5)c([N+](=O)[O-])c4)c(N4CCOc5nc6[nH]ccc6cc54)c3)CC2)=C(c2ccc(Cl)cc2)C1. The second-order valence-electron chi connectivity index (χ2n) is 21.7.